The van der Waals surface area contributed by atoms with E-state index in [1.807, 2.05) is 25.7 Å². The molecule has 2 bridgehead atoms. The van der Waals surface area contributed by atoms with Crippen LogP contribution in [0.25, 0.3) is 10.9 Å². The molecule has 42 heavy (non-hydrogen) atoms. The molecule has 228 valence electrons. The van der Waals surface area contributed by atoms with Crippen LogP contribution >= 0.6 is 11.8 Å². The second-order valence-corrected chi connectivity index (χ2v) is 14.8. The molecule has 2 saturated carbocycles. The third-order valence-electron chi connectivity index (χ3n) is 10.1. The van der Waals surface area contributed by atoms with Crippen LogP contribution < -0.4 is 10.6 Å². The molecule has 0 radical (unpaired) electrons. The fraction of sp³-hybridized carbons (Fsp3) is 0.656. The minimum atomic E-state index is -4.55. The Labute approximate surface area is 249 Å². The van der Waals surface area contributed by atoms with Crippen LogP contribution in [-0.2, 0) is 22.9 Å². The molecule has 4 aliphatic rings. The Balaban J connectivity index is 1.57. The zero-order valence-corrected chi connectivity index (χ0v) is 25.8. The number of carbonyl (C=O) groups is 1. The van der Waals surface area contributed by atoms with Crippen molar-refractivity contribution < 1.29 is 18.0 Å². The first kappa shape index (κ1) is 29.6. The van der Waals surface area contributed by atoms with Gasteiger partial charge >= 0.3 is 11.9 Å². The molecule has 1 aromatic carbocycles. The normalized spacial score (nSPS) is 31.6. The van der Waals surface area contributed by atoms with Crippen molar-refractivity contribution in [1.82, 2.24) is 14.5 Å². The molecule has 6 nitrogen and oxygen atoms in total. The number of piperazine rings is 1. The van der Waals surface area contributed by atoms with Gasteiger partial charge in [-0.05, 0) is 99.0 Å². The van der Waals surface area contributed by atoms with Crippen LogP contribution in [0.2, 0.25) is 0 Å². The lowest BCUT2D eigenvalue weighted by Crippen LogP contribution is -2.58. The maximum atomic E-state index is 15.2. The van der Waals surface area contributed by atoms with Crippen molar-refractivity contribution in [2.45, 2.75) is 101 Å². The van der Waals surface area contributed by atoms with E-state index >= 15 is 13.2 Å². The van der Waals surface area contributed by atoms with Gasteiger partial charge in [-0.1, -0.05) is 20.4 Å². The number of thioether (sulfide) groups is 1. The number of anilines is 1. The van der Waals surface area contributed by atoms with Crippen LogP contribution in [0, 0.1) is 17.8 Å². The van der Waals surface area contributed by atoms with Gasteiger partial charge in [-0.2, -0.15) is 18.2 Å². The van der Waals surface area contributed by atoms with Crippen molar-refractivity contribution in [3.63, 3.8) is 0 Å². The molecule has 3 heterocycles. The Morgan fingerprint density at radius 2 is 1.76 bits per heavy atom. The fourth-order valence-electron chi connectivity index (χ4n) is 9.03. The summed E-state index contributed by atoms with van der Waals surface area (Å²) in [5, 5.41) is 0.381. The van der Waals surface area contributed by atoms with Crippen molar-refractivity contribution in [2.75, 3.05) is 23.7 Å². The second-order valence-electron chi connectivity index (χ2n) is 13.7. The summed E-state index contributed by atoms with van der Waals surface area (Å²) in [6, 6.07) is 0.840. The number of fused-ring (bicyclic) bond motifs is 2. The first-order chi connectivity index (χ1) is 19.8. The highest BCUT2D eigenvalue weighted by atomic mass is 32.2. The van der Waals surface area contributed by atoms with Crippen LogP contribution in [0.3, 0.4) is 0 Å². The third-order valence-corrected chi connectivity index (χ3v) is 11.3. The zero-order valence-electron chi connectivity index (χ0n) is 25.0. The van der Waals surface area contributed by atoms with Crippen LogP contribution in [0.15, 0.2) is 28.4 Å². The summed E-state index contributed by atoms with van der Waals surface area (Å²) in [5.41, 5.74) is -0.623. The Kier molecular flexibility index (Phi) is 7.46. The van der Waals surface area contributed by atoms with Gasteiger partial charge in [0.2, 0.25) is 5.91 Å². The Morgan fingerprint density at radius 1 is 1.12 bits per heavy atom. The molecular weight excluding hydrogens is 561 g/mol. The number of hydrogen-bond acceptors (Lipinski definition) is 5. The number of benzene rings is 1. The highest BCUT2D eigenvalue weighted by Gasteiger charge is 2.48. The molecule has 2 aromatic rings. The average Bonchev–Trinajstić information content (AvgIpc) is 3.12. The van der Waals surface area contributed by atoms with Gasteiger partial charge in [-0.25, -0.2) is 4.79 Å². The number of carbonyl (C=O) groups excluding carboxylic acids is 1. The quantitative estimate of drug-likeness (QED) is 0.370. The standard InChI is InChI=1S/C32H41F3N4O2S/c1-6-25(40)39-19(3)16-37(17-20(39)4)29-23-13-24(32(33,34)35)26(28-27(23)38(30(41)36-29)8-7-9-42-28)31(5)14-21-10-18(2)11-22(12-21)15-31/h6,13,18-22H,1,7-12,14-17H2,2-5H3. The van der Waals surface area contributed by atoms with Gasteiger partial charge in [-0.15, -0.1) is 11.8 Å². The number of amides is 1. The van der Waals surface area contributed by atoms with E-state index in [1.54, 1.807) is 9.47 Å². The largest absolute Gasteiger partial charge is 0.416 e. The number of aromatic nitrogens is 2. The van der Waals surface area contributed by atoms with Crippen LogP contribution in [0.5, 0.6) is 0 Å². The molecule has 1 saturated heterocycles. The predicted octanol–water partition coefficient (Wildman–Crippen LogP) is 6.63. The summed E-state index contributed by atoms with van der Waals surface area (Å²) in [5.74, 6) is 2.21. The van der Waals surface area contributed by atoms with Gasteiger partial charge in [0.15, 0.2) is 0 Å². The maximum absolute atomic E-state index is 15.2. The zero-order chi connectivity index (χ0) is 30.1. The summed E-state index contributed by atoms with van der Waals surface area (Å²) < 4.78 is 47.2. The van der Waals surface area contributed by atoms with E-state index in [4.69, 9.17) is 0 Å². The van der Waals surface area contributed by atoms with Gasteiger partial charge in [0.05, 0.1) is 11.1 Å². The van der Waals surface area contributed by atoms with Gasteiger partial charge in [0.1, 0.15) is 5.82 Å². The lowest BCUT2D eigenvalue weighted by molar-refractivity contribution is -0.139. The molecule has 1 amide bonds. The minimum absolute atomic E-state index is 0.184. The Hall–Kier alpha value is -2.49. The monoisotopic (exact) mass is 602 g/mol. The molecule has 10 heteroatoms. The Morgan fingerprint density at radius 3 is 2.36 bits per heavy atom. The number of alkyl halides is 3. The van der Waals surface area contributed by atoms with Crippen molar-refractivity contribution in [3.05, 3.63) is 40.3 Å². The smallest absolute Gasteiger partial charge is 0.352 e. The summed E-state index contributed by atoms with van der Waals surface area (Å²) in [7, 11) is 0. The maximum Gasteiger partial charge on any atom is 0.416 e. The number of nitrogens with zero attached hydrogens (tertiary/aromatic N) is 4. The molecule has 0 N–H and O–H groups in total. The average molecular weight is 603 g/mol. The fourth-order valence-corrected chi connectivity index (χ4v) is 10.4. The summed E-state index contributed by atoms with van der Waals surface area (Å²) >= 11 is 1.48. The number of rotatable bonds is 3. The van der Waals surface area contributed by atoms with Crippen LogP contribution in [-0.4, -0.2) is 51.3 Å². The van der Waals surface area contributed by atoms with Crippen LogP contribution in [0.4, 0.5) is 19.0 Å². The molecule has 6 rings (SSSR count). The van der Waals surface area contributed by atoms with Crippen molar-refractivity contribution in [1.29, 1.82) is 0 Å². The van der Waals surface area contributed by atoms with Crippen LogP contribution in [0.1, 0.15) is 77.3 Å². The molecule has 2 aliphatic heterocycles. The molecular formula is C32H41F3N4O2S. The minimum Gasteiger partial charge on any atom is -0.352 e. The SMILES string of the molecule is C=CC(=O)N1C(C)CN(c2nc(=O)n3c4c(c(C5(C)CC6CC(C)CC(C6)C5)c(C(F)(F)F)cc24)SCCC3)CC1C. The van der Waals surface area contributed by atoms with E-state index in [2.05, 4.69) is 18.5 Å². The number of aryl methyl sites for hydroxylation is 1. The van der Waals surface area contributed by atoms with Gasteiger partial charge < -0.3 is 9.80 Å². The molecule has 0 spiro atoms. The highest BCUT2D eigenvalue weighted by Crippen LogP contribution is 2.56. The van der Waals surface area contributed by atoms with Crippen molar-refractivity contribution in [3.8, 4) is 0 Å². The first-order valence-electron chi connectivity index (χ1n) is 15.3. The third kappa shape index (κ3) is 4.95. The van der Waals surface area contributed by atoms with E-state index in [0.717, 1.165) is 32.1 Å². The Bertz CT molecular complexity index is 1460. The summed E-state index contributed by atoms with van der Waals surface area (Å²) in [4.78, 5) is 34.8. The van der Waals surface area contributed by atoms with E-state index in [9.17, 15) is 9.59 Å². The topological polar surface area (TPSA) is 58.4 Å². The summed E-state index contributed by atoms with van der Waals surface area (Å²) in [6.07, 6.45) is 2.15. The van der Waals surface area contributed by atoms with E-state index in [1.165, 1.54) is 23.9 Å². The van der Waals surface area contributed by atoms with Crippen molar-refractivity contribution >= 4 is 34.4 Å². The number of halogens is 3. The van der Waals surface area contributed by atoms with E-state index < -0.39 is 22.8 Å². The summed E-state index contributed by atoms with van der Waals surface area (Å²) in [6.45, 7) is 12.9. The van der Waals surface area contributed by atoms with E-state index in [0.29, 0.717) is 70.9 Å². The highest BCUT2D eigenvalue weighted by molar-refractivity contribution is 7.99. The van der Waals surface area contributed by atoms with Gasteiger partial charge in [0, 0.05) is 42.0 Å². The van der Waals surface area contributed by atoms with Gasteiger partial charge in [0.25, 0.3) is 0 Å². The lowest BCUT2D eigenvalue weighted by Gasteiger charge is -2.49. The number of hydrogen-bond donors (Lipinski definition) is 0. The second kappa shape index (κ2) is 10.6. The van der Waals surface area contributed by atoms with Gasteiger partial charge in [-0.3, -0.25) is 9.36 Å². The molecule has 3 fully saturated rings. The molecule has 4 unspecified atom stereocenters. The molecule has 2 aliphatic carbocycles. The predicted molar refractivity (Wildman–Crippen MR) is 161 cm³/mol. The molecule has 4 atom stereocenters. The van der Waals surface area contributed by atoms with E-state index in [-0.39, 0.29) is 23.8 Å². The first-order valence-corrected chi connectivity index (χ1v) is 16.3. The molecule has 1 aromatic heterocycles. The van der Waals surface area contributed by atoms with Crippen molar-refractivity contribution in [2.24, 2.45) is 17.8 Å². The lowest BCUT2D eigenvalue weighted by atomic mass is 9.57.